The van der Waals surface area contributed by atoms with Gasteiger partial charge in [-0.05, 0) is 43.7 Å². The molecule has 1 saturated carbocycles. The second-order valence-corrected chi connectivity index (χ2v) is 6.45. The van der Waals surface area contributed by atoms with Crippen LogP contribution in [0.3, 0.4) is 0 Å². The van der Waals surface area contributed by atoms with Gasteiger partial charge in [-0.15, -0.1) is 0 Å². The molecule has 0 spiro atoms. The van der Waals surface area contributed by atoms with Crippen molar-refractivity contribution in [2.75, 3.05) is 46.3 Å². The minimum atomic E-state index is 0.337. The number of anilines is 1. The zero-order valence-electron chi connectivity index (χ0n) is 15.9. The highest BCUT2D eigenvalue weighted by Crippen LogP contribution is 2.43. The first-order chi connectivity index (χ1) is 12.2. The van der Waals surface area contributed by atoms with E-state index >= 15 is 0 Å². The molecule has 0 heterocycles. The predicted molar refractivity (Wildman–Crippen MR) is 102 cm³/mol. The molecule has 1 fully saturated rings. The molecule has 140 valence electrons. The molecular weight excluding hydrogens is 318 g/mol. The summed E-state index contributed by atoms with van der Waals surface area (Å²) in [4.78, 5) is 4.33. The van der Waals surface area contributed by atoms with Crippen LogP contribution in [0.5, 0.6) is 11.5 Å². The molecule has 6 nitrogen and oxygen atoms in total. The SMILES string of the molecule is CCOc1cc(NC(=NC)NCC2(CCOC)CCC2)ccc1OC. The molecule has 1 aliphatic rings. The normalized spacial score (nSPS) is 16.1. The van der Waals surface area contributed by atoms with Crippen LogP contribution in [0.2, 0.25) is 0 Å². The third kappa shape index (κ3) is 5.26. The Labute approximate surface area is 151 Å². The molecule has 0 atom stereocenters. The molecule has 0 bridgehead atoms. The van der Waals surface area contributed by atoms with E-state index in [9.17, 15) is 0 Å². The van der Waals surface area contributed by atoms with E-state index in [1.54, 1.807) is 21.3 Å². The zero-order valence-corrected chi connectivity index (χ0v) is 15.9. The number of guanidine groups is 1. The monoisotopic (exact) mass is 349 g/mol. The molecule has 0 aliphatic heterocycles. The van der Waals surface area contributed by atoms with Gasteiger partial charge in [0.2, 0.25) is 0 Å². The molecule has 0 saturated heterocycles. The summed E-state index contributed by atoms with van der Waals surface area (Å²) in [5.74, 6) is 2.21. The maximum atomic E-state index is 5.63. The van der Waals surface area contributed by atoms with E-state index < -0.39 is 0 Å². The van der Waals surface area contributed by atoms with Crippen LogP contribution in [-0.4, -0.2) is 47.0 Å². The molecule has 0 radical (unpaired) electrons. The molecule has 25 heavy (non-hydrogen) atoms. The molecule has 1 aliphatic carbocycles. The summed E-state index contributed by atoms with van der Waals surface area (Å²) in [6.07, 6.45) is 4.88. The molecule has 0 aromatic heterocycles. The Morgan fingerprint density at radius 3 is 2.60 bits per heavy atom. The fourth-order valence-electron chi connectivity index (χ4n) is 3.12. The number of methoxy groups -OCH3 is 2. The van der Waals surface area contributed by atoms with Gasteiger partial charge >= 0.3 is 0 Å². The Balaban J connectivity index is 1.96. The first kappa shape index (κ1) is 19.4. The van der Waals surface area contributed by atoms with Gasteiger partial charge in [0.25, 0.3) is 0 Å². The number of nitrogens with one attached hydrogen (secondary N) is 2. The van der Waals surface area contributed by atoms with Crippen LogP contribution in [0.1, 0.15) is 32.6 Å². The molecule has 2 rings (SSSR count). The van der Waals surface area contributed by atoms with Gasteiger partial charge in [-0.2, -0.15) is 0 Å². The van der Waals surface area contributed by atoms with Crippen molar-refractivity contribution in [1.82, 2.24) is 5.32 Å². The smallest absolute Gasteiger partial charge is 0.195 e. The molecule has 0 unspecified atom stereocenters. The van der Waals surface area contributed by atoms with E-state index in [2.05, 4.69) is 15.6 Å². The van der Waals surface area contributed by atoms with Crippen molar-refractivity contribution in [3.8, 4) is 11.5 Å². The Hall–Kier alpha value is -1.95. The van der Waals surface area contributed by atoms with E-state index in [4.69, 9.17) is 14.2 Å². The lowest BCUT2D eigenvalue weighted by atomic mass is 9.67. The summed E-state index contributed by atoms with van der Waals surface area (Å²) in [6, 6.07) is 5.78. The fraction of sp³-hybridized carbons (Fsp3) is 0.632. The quantitative estimate of drug-likeness (QED) is 0.529. The van der Waals surface area contributed by atoms with Gasteiger partial charge in [0, 0.05) is 39.1 Å². The van der Waals surface area contributed by atoms with Crippen molar-refractivity contribution in [1.29, 1.82) is 0 Å². The van der Waals surface area contributed by atoms with Gasteiger partial charge in [0.15, 0.2) is 17.5 Å². The number of nitrogens with zero attached hydrogens (tertiary/aromatic N) is 1. The topological polar surface area (TPSA) is 64.1 Å². The third-order valence-electron chi connectivity index (χ3n) is 4.83. The molecule has 1 aromatic rings. The van der Waals surface area contributed by atoms with Gasteiger partial charge in [0.05, 0.1) is 13.7 Å². The van der Waals surface area contributed by atoms with Gasteiger partial charge in [-0.1, -0.05) is 6.42 Å². The predicted octanol–water partition coefficient (Wildman–Crippen LogP) is 3.29. The summed E-state index contributed by atoms with van der Waals surface area (Å²) in [6.45, 7) is 4.27. The van der Waals surface area contributed by atoms with Crippen LogP contribution >= 0.6 is 0 Å². The van der Waals surface area contributed by atoms with Crippen molar-refractivity contribution in [3.05, 3.63) is 18.2 Å². The molecule has 1 aromatic carbocycles. The summed E-state index contributed by atoms with van der Waals surface area (Å²) in [5.41, 5.74) is 1.25. The fourth-order valence-corrected chi connectivity index (χ4v) is 3.12. The number of ether oxygens (including phenoxy) is 3. The minimum Gasteiger partial charge on any atom is -0.493 e. The van der Waals surface area contributed by atoms with Crippen molar-refractivity contribution in [2.24, 2.45) is 10.4 Å². The number of rotatable bonds is 9. The second-order valence-electron chi connectivity index (χ2n) is 6.45. The van der Waals surface area contributed by atoms with E-state index in [0.717, 1.165) is 42.7 Å². The lowest BCUT2D eigenvalue weighted by molar-refractivity contribution is 0.0735. The maximum absolute atomic E-state index is 5.63. The van der Waals surface area contributed by atoms with Gasteiger partial charge in [-0.3, -0.25) is 4.99 Å². The number of benzene rings is 1. The van der Waals surface area contributed by atoms with Crippen LogP contribution in [0.15, 0.2) is 23.2 Å². The van der Waals surface area contributed by atoms with Crippen molar-refractivity contribution >= 4 is 11.6 Å². The molecule has 6 heteroatoms. The minimum absolute atomic E-state index is 0.337. The largest absolute Gasteiger partial charge is 0.493 e. The maximum Gasteiger partial charge on any atom is 0.195 e. The third-order valence-corrected chi connectivity index (χ3v) is 4.83. The Morgan fingerprint density at radius 2 is 2.04 bits per heavy atom. The van der Waals surface area contributed by atoms with Crippen LogP contribution in [0.4, 0.5) is 5.69 Å². The van der Waals surface area contributed by atoms with E-state index in [-0.39, 0.29) is 0 Å². The van der Waals surface area contributed by atoms with Gasteiger partial charge in [0.1, 0.15) is 0 Å². The average molecular weight is 349 g/mol. The van der Waals surface area contributed by atoms with Gasteiger partial charge in [-0.25, -0.2) is 0 Å². The number of hydrogen-bond acceptors (Lipinski definition) is 4. The Bertz CT molecular complexity index is 571. The van der Waals surface area contributed by atoms with Crippen molar-refractivity contribution in [3.63, 3.8) is 0 Å². The lowest BCUT2D eigenvalue weighted by Crippen LogP contribution is -2.44. The van der Waals surface area contributed by atoms with Crippen LogP contribution in [0, 0.1) is 5.41 Å². The van der Waals surface area contributed by atoms with Crippen molar-refractivity contribution in [2.45, 2.75) is 32.6 Å². The van der Waals surface area contributed by atoms with Crippen LogP contribution in [-0.2, 0) is 4.74 Å². The molecular formula is C19H31N3O3. The van der Waals surface area contributed by atoms with E-state index in [0.29, 0.717) is 12.0 Å². The molecule has 2 N–H and O–H groups in total. The first-order valence-corrected chi connectivity index (χ1v) is 8.94. The first-order valence-electron chi connectivity index (χ1n) is 8.94. The molecule has 0 amide bonds. The highest BCUT2D eigenvalue weighted by Gasteiger charge is 2.36. The summed E-state index contributed by atoms with van der Waals surface area (Å²) in [5, 5.41) is 6.79. The Morgan fingerprint density at radius 1 is 1.24 bits per heavy atom. The Kier molecular flexibility index (Phi) is 7.37. The highest BCUT2D eigenvalue weighted by atomic mass is 16.5. The zero-order chi connectivity index (χ0) is 18.1. The standard InChI is InChI=1S/C19H31N3O3/c1-5-25-17-13-15(7-8-16(17)24-4)22-18(20-2)21-14-19(9-6-10-19)11-12-23-3/h7-8,13H,5-6,9-12,14H2,1-4H3,(H2,20,21,22). The van der Waals surface area contributed by atoms with Crippen LogP contribution in [0.25, 0.3) is 0 Å². The van der Waals surface area contributed by atoms with E-state index in [1.165, 1.54) is 19.3 Å². The second kappa shape index (κ2) is 9.51. The highest BCUT2D eigenvalue weighted by molar-refractivity contribution is 5.93. The average Bonchev–Trinajstić information content (AvgIpc) is 2.60. The summed E-state index contributed by atoms with van der Waals surface area (Å²) in [7, 11) is 5.19. The summed E-state index contributed by atoms with van der Waals surface area (Å²) >= 11 is 0. The van der Waals surface area contributed by atoms with Crippen molar-refractivity contribution < 1.29 is 14.2 Å². The van der Waals surface area contributed by atoms with Crippen LogP contribution < -0.4 is 20.1 Å². The van der Waals surface area contributed by atoms with E-state index in [1.807, 2.05) is 25.1 Å². The van der Waals surface area contributed by atoms with Gasteiger partial charge < -0.3 is 24.8 Å². The lowest BCUT2D eigenvalue weighted by Gasteiger charge is -2.42. The number of hydrogen-bond donors (Lipinski definition) is 2. The number of aliphatic imine (C=N–C) groups is 1. The summed E-state index contributed by atoms with van der Waals surface area (Å²) < 4.78 is 16.2.